The van der Waals surface area contributed by atoms with Crippen LogP contribution in [0.1, 0.15) is 18.2 Å². The number of benzene rings is 2. The van der Waals surface area contributed by atoms with Crippen LogP contribution in [0.15, 0.2) is 58.5 Å². The summed E-state index contributed by atoms with van der Waals surface area (Å²) in [6, 6.07) is 13.2. The lowest BCUT2D eigenvalue weighted by molar-refractivity contribution is 0.258. The van der Waals surface area contributed by atoms with E-state index in [4.69, 9.17) is 27.8 Å². The minimum absolute atomic E-state index is 0.102. The molecule has 1 aliphatic rings. The topological polar surface area (TPSA) is 89.2 Å². The van der Waals surface area contributed by atoms with Crippen molar-refractivity contribution in [3.05, 3.63) is 64.9 Å². The minimum Gasteiger partial charge on any atom is -0.494 e. The maximum atomic E-state index is 13.2. The van der Waals surface area contributed by atoms with Crippen LogP contribution >= 0.6 is 11.6 Å². The van der Waals surface area contributed by atoms with Gasteiger partial charge in [0.15, 0.2) is 6.17 Å². The molecule has 0 aromatic heterocycles. The average Bonchev–Trinajstić information content (AvgIpc) is 2.62. The molecule has 4 N–H and O–H groups in total. The molecule has 0 aliphatic carbocycles. The standard InChI is InChI=1S/C18H19ClFN5O/c19-13-4-8-15(9-5-13)26-11-1-10-25-16(23-17(21)24-18(25)22)12-2-6-14(20)7-3-12/h2-9,16H,1,10-11H2,(H4,21,22,23,24). The second kappa shape index (κ2) is 8.05. The van der Waals surface area contributed by atoms with Crippen molar-refractivity contribution >= 4 is 23.5 Å². The highest BCUT2D eigenvalue weighted by Crippen LogP contribution is 2.25. The third-order valence-electron chi connectivity index (χ3n) is 3.87. The third kappa shape index (κ3) is 4.43. The molecule has 3 rings (SSSR count). The van der Waals surface area contributed by atoms with Crippen LogP contribution in [-0.4, -0.2) is 30.0 Å². The van der Waals surface area contributed by atoms with Gasteiger partial charge in [-0.05, 0) is 48.4 Å². The lowest BCUT2D eigenvalue weighted by Crippen LogP contribution is -2.44. The van der Waals surface area contributed by atoms with Gasteiger partial charge >= 0.3 is 0 Å². The Labute approximate surface area is 155 Å². The van der Waals surface area contributed by atoms with E-state index in [0.717, 1.165) is 11.3 Å². The highest BCUT2D eigenvalue weighted by Gasteiger charge is 2.25. The Hall–Kier alpha value is -2.80. The summed E-state index contributed by atoms with van der Waals surface area (Å²) >= 11 is 5.85. The van der Waals surface area contributed by atoms with Crippen LogP contribution in [0.4, 0.5) is 4.39 Å². The Morgan fingerprint density at radius 2 is 1.77 bits per heavy atom. The molecule has 26 heavy (non-hydrogen) atoms. The molecule has 8 heteroatoms. The van der Waals surface area contributed by atoms with E-state index in [1.807, 2.05) is 17.0 Å². The van der Waals surface area contributed by atoms with Crippen molar-refractivity contribution in [2.24, 2.45) is 21.5 Å². The van der Waals surface area contributed by atoms with Gasteiger partial charge in [-0.2, -0.15) is 4.99 Å². The molecule has 6 nitrogen and oxygen atoms in total. The fourth-order valence-corrected chi connectivity index (χ4v) is 2.74. The van der Waals surface area contributed by atoms with Crippen LogP contribution in [0.5, 0.6) is 5.75 Å². The molecule has 1 unspecified atom stereocenters. The summed E-state index contributed by atoms with van der Waals surface area (Å²) in [4.78, 5) is 10.2. The normalized spacial score (nSPS) is 16.8. The fraction of sp³-hybridized carbons (Fsp3) is 0.222. The molecular formula is C18H19ClFN5O. The zero-order valence-corrected chi connectivity index (χ0v) is 14.7. The minimum atomic E-state index is -0.441. The first kappa shape index (κ1) is 18.0. The maximum absolute atomic E-state index is 13.2. The van der Waals surface area contributed by atoms with Gasteiger partial charge in [0.1, 0.15) is 11.6 Å². The largest absolute Gasteiger partial charge is 0.494 e. The third-order valence-corrected chi connectivity index (χ3v) is 4.12. The van der Waals surface area contributed by atoms with E-state index < -0.39 is 6.17 Å². The van der Waals surface area contributed by atoms with Crippen molar-refractivity contribution in [1.82, 2.24) is 4.90 Å². The SMILES string of the molecule is NC1=NC(c2ccc(F)cc2)N(CCCOc2ccc(Cl)cc2)C(N)=N1. The zero-order valence-electron chi connectivity index (χ0n) is 14.0. The molecule has 0 radical (unpaired) electrons. The lowest BCUT2D eigenvalue weighted by atomic mass is 10.1. The summed E-state index contributed by atoms with van der Waals surface area (Å²) < 4.78 is 18.9. The number of rotatable bonds is 6. The molecule has 0 saturated heterocycles. The van der Waals surface area contributed by atoms with E-state index in [1.54, 1.807) is 24.3 Å². The van der Waals surface area contributed by atoms with Crippen LogP contribution in [0.2, 0.25) is 5.02 Å². The average molecular weight is 376 g/mol. The van der Waals surface area contributed by atoms with E-state index in [2.05, 4.69) is 9.98 Å². The number of ether oxygens (including phenoxy) is 1. The molecule has 1 atom stereocenters. The molecular weight excluding hydrogens is 357 g/mol. The fourth-order valence-electron chi connectivity index (χ4n) is 2.61. The van der Waals surface area contributed by atoms with Gasteiger partial charge in [0.05, 0.1) is 6.61 Å². The Balaban J connectivity index is 1.63. The Morgan fingerprint density at radius 1 is 1.08 bits per heavy atom. The number of hydrogen-bond acceptors (Lipinski definition) is 6. The number of nitrogens with two attached hydrogens (primary N) is 2. The number of aliphatic imine (C=N–C) groups is 2. The summed E-state index contributed by atoms with van der Waals surface area (Å²) in [5.41, 5.74) is 12.5. The van der Waals surface area contributed by atoms with Crippen LogP contribution in [0.25, 0.3) is 0 Å². The predicted octanol–water partition coefficient (Wildman–Crippen LogP) is 2.89. The number of hydrogen-bond donors (Lipinski definition) is 2. The molecule has 2 aromatic carbocycles. The van der Waals surface area contributed by atoms with Crippen molar-refractivity contribution in [2.75, 3.05) is 13.2 Å². The van der Waals surface area contributed by atoms with E-state index >= 15 is 0 Å². The van der Waals surface area contributed by atoms with Gasteiger partial charge in [0.25, 0.3) is 0 Å². The molecule has 1 heterocycles. The summed E-state index contributed by atoms with van der Waals surface area (Å²) in [6.07, 6.45) is 0.245. The molecule has 0 fully saturated rings. The second-order valence-corrected chi connectivity index (χ2v) is 6.17. The van der Waals surface area contributed by atoms with Crippen molar-refractivity contribution in [3.8, 4) is 5.75 Å². The van der Waals surface area contributed by atoms with E-state index in [1.165, 1.54) is 12.1 Å². The highest BCUT2D eigenvalue weighted by molar-refractivity contribution is 6.30. The molecule has 0 spiro atoms. The van der Waals surface area contributed by atoms with Crippen molar-refractivity contribution < 1.29 is 9.13 Å². The lowest BCUT2D eigenvalue weighted by Gasteiger charge is -2.32. The number of halogens is 2. The first-order valence-electron chi connectivity index (χ1n) is 8.11. The maximum Gasteiger partial charge on any atom is 0.220 e. The van der Waals surface area contributed by atoms with Gasteiger partial charge in [0, 0.05) is 11.6 Å². The Kier molecular flexibility index (Phi) is 5.58. The van der Waals surface area contributed by atoms with E-state index in [0.29, 0.717) is 24.6 Å². The summed E-state index contributed by atoms with van der Waals surface area (Å²) in [7, 11) is 0. The number of guanidine groups is 2. The first-order valence-corrected chi connectivity index (χ1v) is 8.48. The highest BCUT2D eigenvalue weighted by atomic mass is 35.5. The Morgan fingerprint density at radius 3 is 2.46 bits per heavy atom. The summed E-state index contributed by atoms with van der Waals surface area (Å²) in [5, 5.41) is 0.659. The molecule has 0 saturated carbocycles. The van der Waals surface area contributed by atoms with Crippen LogP contribution < -0.4 is 16.2 Å². The van der Waals surface area contributed by atoms with Crippen LogP contribution in [0.3, 0.4) is 0 Å². The van der Waals surface area contributed by atoms with Gasteiger partial charge < -0.3 is 21.1 Å². The second-order valence-electron chi connectivity index (χ2n) is 5.73. The predicted molar refractivity (Wildman–Crippen MR) is 101 cm³/mol. The monoisotopic (exact) mass is 375 g/mol. The van der Waals surface area contributed by atoms with Crippen molar-refractivity contribution in [1.29, 1.82) is 0 Å². The zero-order chi connectivity index (χ0) is 18.5. The van der Waals surface area contributed by atoms with Crippen LogP contribution in [0, 0.1) is 5.82 Å². The van der Waals surface area contributed by atoms with Gasteiger partial charge in [-0.15, -0.1) is 0 Å². The van der Waals surface area contributed by atoms with Gasteiger partial charge in [-0.1, -0.05) is 23.7 Å². The van der Waals surface area contributed by atoms with Gasteiger partial charge in [-0.25, -0.2) is 9.38 Å². The smallest absolute Gasteiger partial charge is 0.220 e. The van der Waals surface area contributed by atoms with Gasteiger partial charge in [-0.3, -0.25) is 0 Å². The summed E-state index contributed by atoms with van der Waals surface area (Å²) in [5.74, 6) is 0.807. The van der Waals surface area contributed by atoms with Gasteiger partial charge in [0.2, 0.25) is 11.9 Å². The first-order chi connectivity index (χ1) is 12.5. The van der Waals surface area contributed by atoms with Crippen molar-refractivity contribution in [3.63, 3.8) is 0 Å². The molecule has 0 amide bonds. The van der Waals surface area contributed by atoms with E-state index in [9.17, 15) is 4.39 Å². The number of nitrogens with zero attached hydrogens (tertiary/aromatic N) is 3. The van der Waals surface area contributed by atoms with Crippen molar-refractivity contribution in [2.45, 2.75) is 12.6 Å². The molecule has 2 aromatic rings. The summed E-state index contributed by atoms with van der Waals surface area (Å²) in [6.45, 7) is 1.04. The van der Waals surface area contributed by atoms with Crippen LogP contribution in [-0.2, 0) is 0 Å². The Bertz CT molecular complexity index is 807. The molecule has 0 bridgehead atoms. The van der Waals surface area contributed by atoms with E-state index in [-0.39, 0.29) is 17.7 Å². The molecule has 136 valence electrons. The quantitative estimate of drug-likeness (QED) is 0.760. The molecule has 1 aliphatic heterocycles.